The van der Waals surface area contributed by atoms with Crippen LogP contribution in [0.2, 0.25) is 0 Å². The van der Waals surface area contributed by atoms with E-state index in [2.05, 4.69) is 10.6 Å². The van der Waals surface area contributed by atoms with E-state index in [4.69, 9.17) is 4.74 Å². The number of aliphatic carboxylic acids is 1. The molecule has 7 heteroatoms. The molecular formula is C28H28N2O5. The molecule has 1 saturated carbocycles. The number of hydrogen-bond donors (Lipinski definition) is 3. The van der Waals surface area contributed by atoms with E-state index in [-0.39, 0.29) is 11.8 Å². The van der Waals surface area contributed by atoms with Crippen LogP contribution >= 0.6 is 0 Å². The van der Waals surface area contributed by atoms with Crippen LogP contribution in [0.1, 0.15) is 36.5 Å². The first-order valence-corrected chi connectivity index (χ1v) is 11.7. The van der Waals surface area contributed by atoms with Crippen LogP contribution < -0.4 is 15.4 Å². The van der Waals surface area contributed by atoms with Gasteiger partial charge in [-0.25, -0.2) is 4.79 Å². The van der Waals surface area contributed by atoms with E-state index < -0.39 is 17.8 Å². The summed E-state index contributed by atoms with van der Waals surface area (Å²) in [6.07, 6.45) is 1.95. The molecule has 0 saturated heterocycles. The smallest absolute Gasteiger partial charge is 0.323 e. The van der Waals surface area contributed by atoms with Gasteiger partial charge in [0.25, 0.3) is 0 Å². The summed E-state index contributed by atoms with van der Waals surface area (Å²) in [6.45, 7) is 2.50. The van der Waals surface area contributed by atoms with E-state index in [9.17, 15) is 19.5 Å². The molecule has 2 atom stereocenters. The SMILES string of the molecule is CCOc1ccc(NC(=O)Nc2ccc(-c3ccc(C(=O)[C@@H]4CCC[C@H]4C(=O)O)cc3)cc2)cc1. The summed E-state index contributed by atoms with van der Waals surface area (Å²) in [5, 5.41) is 14.9. The second kappa shape index (κ2) is 10.9. The summed E-state index contributed by atoms with van der Waals surface area (Å²) in [4.78, 5) is 36.5. The van der Waals surface area contributed by atoms with E-state index in [1.165, 1.54) is 0 Å². The van der Waals surface area contributed by atoms with Gasteiger partial charge in [0.15, 0.2) is 5.78 Å². The topological polar surface area (TPSA) is 105 Å². The third kappa shape index (κ3) is 5.87. The molecule has 0 heterocycles. The molecule has 4 rings (SSSR count). The fourth-order valence-corrected chi connectivity index (χ4v) is 4.45. The summed E-state index contributed by atoms with van der Waals surface area (Å²) in [6, 6.07) is 21.4. The zero-order chi connectivity index (χ0) is 24.8. The van der Waals surface area contributed by atoms with E-state index in [0.29, 0.717) is 36.4 Å². The van der Waals surface area contributed by atoms with E-state index in [1.807, 2.05) is 43.3 Å². The molecule has 1 aliphatic carbocycles. The number of Topliss-reactive ketones (excluding diaryl/α,β-unsaturated/α-hetero) is 1. The molecule has 7 nitrogen and oxygen atoms in total. The third-order valence-electron chi connectivity index (χ3n) is 6.24. The van der Waals surface area contributed by atoms with Crippen LogP contribution in [0.25, 0.3) is 11.1 Å². The average molecular weight is 473 g/mol. The standard InChI is InChI=1S/C28H28N2O5/c1-2-35-23-16-14-22(15-17-23)30-28(34)29-21-12-10-19(11-13-21)18-6-8-20(9-7-18)26(31)24-4-3-5-25(24)27(32)33/h6-17,24-25H,2-5H2,1H3,(H,32,33)(H2,29,30,34)/t24-,25-/m1/s1. The Morgan fingerprint density at radius 2 is 1.31 bits per heavy atom. The minimum atomic E-state index is -0.890. The molecule has 3 aromatic carbocycles. The molecule has 0 radical (unpaired) electrons. The molecule has 2 amide bonds. The highest BCUT2D eigenvalue weighted by Crippen LogP contribution is 2.35. The van der Waals surface area contributed by atoms with Gasteiger partial charge in [-0.1, -0.05) is 42.8 Å². The Balaban J connectivity index is 1.35. The van der Waals surface area contributed by atoms with Crippen molar-refractivity contribution >= 4 is 29.2 Å². The maximum Gasteiger partial charge on any atom is 0.323 e. The lowest BCUT2D eigenvalue weighted by Gasteiger charge is -2.14. The van der Waals surface area contributed by atoms with E-state index in [0.717, 1.165) is 23.3 Å². The monoisotopic (exact) mass is 472 g/mol. The number of nitrogens with one attached hydrogen (secondary N) is 2. The number of ether oxygens (including phenoxy) is 1. The lowest BCUT2D eigenvalue weighted by Crippen LogP contribution is -2.25. The molecule has 0 unspecified atom stereocenters. The van der Waals surface area contributed by atoms with E-state index in [1.54, 1.807) is 36.4 Å². The maximum absolute atomic E-state index is 12.8. The Kier molecular flexibility index (Phi) is 7.45. The maximum atomic E-state index is 12.8. The Bertz CT molecular complexity index is 1190. The van der Waals surface area contributed by atoms with Gasteiger partial charge in [-0.15, -0.1) is 0 Å². The highest BCUT2D eigenvalue weighted by molar-refractivity contribution is 6.01. The fraction of sp³-hybridized carbons (Fsp3) is 0.250. The van der Waals surface area contributed by atoms with E-state index >= 15 is 0 Å². The minimum Gasteiger partial charge on any atom is -0.494 e. The van der Waals surface area contributed by atoms with Crippen molar-refractivity contribution in [2.45, 2.75) is 26.2 Å². The van der Waals surface area contributed by atoms with Crippen LogP contribution in [-0.4, -0.2) is 29.5 Å². The number of carboxylic acid groups (broad SMARTS) is 1. The summed E-state index contributed by atoms with van der Waals surface area (Å²) >= 11 is 0. The van der Waals surface area contributed by atoms with Crippen molar-refractivity contribution in [1.82, 2.24) is 0 Å². The highest BCUT2D eigenvalue weighted by Gasteiger charge is 2.37. The quantitative estimate of drug-likeness (QED) is 0.345. The van der Waals surface area contributed by atoms with Gasteiger partial charge >= 0.3 is 12.0 Å². The minimum absolute atomic E-state index is 0.0976. The average Bonchev–Trinajstić information content (AvgIpc) is 3.36. The zero-order valence-corrected chi connectivity index (χ0v) is 19.5. The first-order chi connectivity index (χ1) is 16.9. The van der Waals surface area contributed by atoms with Gasteiger partial charge in [0.2, 0.25) is 0 Å². The van der Waals surface area contributed by atoms with Crippen molar-refractivity contribution in [1.29, 1.82) is 0 Å². The predicted molar refractivity (Wildman–Crippen MR) is 135 cm³/mol. The van der Waals surface area contributed by atoms with Crippen molar-refractivity contribution < 1.29 is 24.2 Å². The molecule has 1 fully saturated rings. The second-order valence-electron chi connectivity index (χ2n) is 8.54. The van der Waals surface area contributed by atoms with Crippen molar-refractivity contribution in [3.8, 4) is 16.9 Å². The van der Waals surface area contributed by atoms with Crippen LogP contribution in [0, 0.1) is 11.8 Å². The summed E-state index contributed by atoms with van der Waals surface area (Å²) < 4.78 is 5.40. The van der Waals surface area contributed by atoms with Gasteiger partial charge in [-0.2, -0.15) is 0 Å². The second-order valence-corrected chi connectivity index (χ2v) is 8.54. The molecule has 0 aliphatic heterocycles. The number of hydrogen-bond acceptors (Lipinski definition) is 4. The van der Waals surface area contributed by atoms with Gasteiger partial charge in [0, 0.05) is 22.9 Å². The van der Waals surface area contributed by atoms with Gasteiger partial charge in [0.05, 0.1) is 12.5 Å². The normalized spacial score (nSPS) is 16.9. The molecule has 0 aromatic heterocycles. The number of urea groups is 1. The van der Waals surface area contributed by atoms with Crippen molar-refractivity contribution in [3.05, 3.63) is 78.4 Å². The third-order valence-corrected chi connectivity index (χ3v) is 6.24. The first-order valence-electron chi connectivity index (χ1n) is 11.7. The molecule has 35 heavy (non-hydrogen) atoms. The molecule has 0 bridgehead atoms. The lowest BCUT2D eigenvalue weighted by atomic mass is 9.88. The lowest BCUT2D eigenvalue weighted by molar-refractivity contribution is -0.142. The number of ketones is 1. The van der Waals surface area contributed by atoms with Crippen molar-refractivity contribution in [3.63, 3.8) is 0 Å². The highest BCUT2D eigenvalue weighted by atomic mass is 16.5. The largest absolute Gasteiger partial charge is 0.494 e. The Morgan fingerprint density at radius 1 is 0.800 bits per heavy atom. The molecule has 3 aromatic rings. The zero-order valence-electron chi connectivity index (χ0n) is 19.5. The van der Waals surface area contributed by atoms with Crippen LogP contribution in [-0.2, 0) is 4.79 Å². The number of carbonyl (C=O) groups is 3. The molecule has 180 valence electrons. The molecular weight excluding hydrogens is 444 g/mol. The summed E-state index contributed by atoms with van der Waals surface area (Å²) in [5.74, 6) is -1.28. The molecule has 3 N–H and O–H groups in total. The van der Waals surface area contributed by atoms with Crippen LogP contribution in [0.15, 0.2) is 72.8 Å². The van der Waals surface area contributed by atoms with Crippen molar-refractivity contribution in [2.75, 3.05) is 17.2 Å². The first kappa shape index (κ1) is 24.0. The number of rotatable bonds is 8. The van der Waals surface area contributed by atoms with Gasteiger partial charge in [-0.05, 0) is 67.3 Å². The Morgan fingerprint density at radius 3 is 1.86 bits per heavy atom. The molecule has 1 aliphatic rings. The van der Waals surface area contributed by atoms with Gasteiger partial charge < -0.3 is 20.5 Å². The molecule has 0 spiro atoms. The van der Waals surface area contributed by atoms with Crippen molar-refractivity contribution in [2.24, 2.45) is 11.8 Å². The van der Waals surface area contributed by atoms with Gasteiger partial charge in [0.1, 0.15) is 5.75 Å². The number of anilines is 2. The summed E-state index contributed by atoms with van der Waals surface area (Å²) in [5.41, 5.74) is 3.70. The Hall–Kier alpha value is -4.13. The van der Waals surface area contributed by atoms with Gasteiger partial charge in [-0.3, -0.25) is 9.59 Å². The number of amides is 2. The van der Waals surface area contributed by atoms with Crippen LogP contribution in [0.5, 0.6) is 5.75 Å². The number of carboxylic acids is 1. The fourth-order valence-electron chi connectivity index (χ4n) is 4.45. The van der Waals surface area contributed by atoms with Crippen LogP contribution in [0.4, 0.5) is 16.2 Å². The number of benzene rings is 3. The number of carbonyl (C=O) groups excluding carboxylic acids is 2. The Labute approximate surface area is 204 Å². The predicted octanol–water partition coefficient (Wildman–Crippen LogP) is 6.08. The van der Waals surface area contributed by atoms with Crippen LogP contribution in [0.3, 0.4) is 0 Å². The summed E-state index contributed by atoms with van der Waals surface area (Å²) in [7, 11) is 0.